The number of carbonyl (C=O) groups is 2. The van der Waals surface area contributed by atoms with Gasteiger partial charge in [0.05, 0.1) is 6.42 Å². The van der Waals surface area contributed by atoms with Crippen LogP contribution in [0, 0.1) is 5.82 Å². The molecule has 1 N–H and O–H groups in total. The number of nitrogens with zero attached hydrogens (tertiary/aromatic N) is 1. The predicted octanol–water partition coefficient (Wildman–Crippen LogP) is 3.35. The van der Waals surface area contributed by atoms with Crippen LogP contribution in [0.5, 0.6) is 0 Å². The molecule has 0 aliphatic rings. The zero-order valence-electron chi connectivity index (χ0n) is 16.1. The van der Waals surface area contributed by atoms with Crippen LogP contribution < -0.4 is 5.32 Å². The van der Waals surface area contributed by atoms with Crippen molar-refractivity contribution in [2.45, 2.75) is 45.7 Å². The van der Waals surface area contributed by atoms with Crippen molar-refractivity contribution in [2.75, 3.05) is 6.54 Å². The van der Waals surface area contributed by atoms with E-state index >= 15 is 0 Å². The van der Waals surface area contributed by atoms with Crippen LogP contribution in [-0.2, 0) is 22.4 Å². The number of hydrogen-bond donors (Lipinski definition) is 1. The fourth-order valence-corrected chi connectivity index (χ4v) is 2.88. The molecular formula is C22H27FN2O2. The summed E-state index contributed by atoms with van der Waals surface area (Å²) in [5.41, 5.74) is 1.42. The Morgan fingerprint density at radius 3 is 2.26 bits per heavy atom. The Balaban J connectivity index is 2.15. The second-order valence-electron chi connectivity index (χ2n) is 6.93. The van der Waals surface area contributed by atoms with Crippen LogP contribution in [-0.4, -0.2) is 35.3 Å². The number of nitrogens with one attached hydrogen (secondary N) is 1. The van der Waals surface area contributed by atoms with Crippen LogP contribution >= 0.6 is 0 Å². The smallest absolute Gasteiger partial charge is 0.242 e. The molecule has 0 spiro atoms. The first kappa shape index (κ1) is 20.6. The van der Waals surface area contributed by atoms with Gasteiger partial charge in [0.1, 0.15) is 11.9 Å². The predicted molar refractivity (Wildman–Crippen MR) is 105 cm³/mol. The van der Waals surface area contributed by atoms with E-state index in [1.165, 1.54) is 11.0 Å². The van der Waals surface area contributed by atoms with Gasteiger partial charge in [0.15, 0.2) is 0 Å². The molecule has 0 saturated carbocycles. The van der Waals surface area contributed by atoms with Gasteiger partial charge in [-0.25, -0.2) is 4.39 Å². The third-order valence-corrected chi connectivity index (χ3v) is 4.38. The highest BCUT2D eigenvalue weighted by atomic mass is 19.1. The second-order valence-corrected chi connectivity index (χ2v) is 6.93. The minimum absolute atomic E-state index is 0.0161. The summed E-state index contributed by atoms with van der Waals surface area (Å²) in [6.45, 7) is 5.85. The Labute approximate surface area is 160 Å². The van der Waals surface area contributed by atoms with Gasteiger partial charge in [-0.2, -0.15) is 0 Å². The molecule has 4 nitrogen and oxygen atoms in total. The van der Waals surface area contributed by atoms with Crippen molar-refractivity contribution in [3.05, 3.63) is 71.5 Å². The Bertz CT molecular complexity index is 762. The first-order chi connectivity index (χ1) is 12.9. The van der Waals surface area contributed by atoms with Crippen LogP contribution in [0.15, 0.2) is 54.6 Å². The van der Waals surface area contributed by atoms with E-state index in [0.29, 0.717) is 18.5 Å². The quantitative estimate of drug-likeness (QED) is 0.775. The van der Waals surface area contributed by atoms with E-state index in [0.717, 1.165) is 5.56 Å². The Morgan fingerprint density at radius 1 is 1.00 bits per heavy atom. The number of carbonyl (C=O) groups excluding carboxylic acids is 2. The average molecular weight is 370 g/mol. The highest BCUT2D eigenvalue weighted by Gasteiger charge is 2.26. The van der Waals surface area contributed by atoms with E-state index in [-0.39, 0.29) is 24.3 Å². The molecule has 0 heterocycles. The van der Waals surface area contributed by atoms with Crippen molar-refractivity contribution in [3.63, 3.8) is 0 Å². The number of amides is 2. The normalized spacial score (nSPS) is 11.9. The van der Waals surface area contributed by atoms with Gasteiger partial charge >= 0.3 is 0 Å². The van der Waals surface area contributed by atoms with E-state index in [4.69, 9.17) is 0 Å². The van der Waals surface area contributed by atoms with E-state index in [9.17, 15) is 14.0 Å². The van der Waals surface area contributed by atoms with Crippen molar-refractivity contribution < 1.29 is 14.0 Å². The number of benzene rings is 2. The largest absolute Gasteiger partial charge is 0.352 e. The van der Waals surface area contributed by atoms with Gasteiger partial charge in [-0.1, -0.05) is 48.5 Å². The average Bonchev–Trinajstić information content (AvgIpc) is 2.64. The van der Waals surface area contributed by atoms with Crippen molar-refractivity contribution >= 4 is 11.8 Å². The van der Waals surface area contributed by atoms with Crippen LogP contribution in [0.1, 0.15) is 31.9 Å². The Kier molecular flexibility index (Phi) is 7.53. The minimum Gasteiger partial charge on any atom is -0.352 e. The van der Waals surface area contributed by atoms with E-state index < -0.39 is 11.9 Å². The van der Waals surface area contributed by atoms with Crippen LogP contribution in [0.25, 0.3) is 0 Å². The van der Waals surface area contributed by atoms with E-state index in [1.807, 2.05) is 44.2 Å². The summed E-state index contributed by atoms with van der Waals surface area (Å²) >= 11 is 0. The lowest BCUT2D eigenvalue weighted by Gasteiger charge is -2.29. The second kappa shape index (κ2) is 9.86. The summed E-state index contributed by atoms with van der Waals surface area (Å²) in [5.74, 6) is -0.879. The van der Waals surface area contributed by atoms with Gasteiger partial charge in [0, 0.05) is 12.6 Å². The maximum absolute atomic E-state index is 13.9. The van der Waals surface area contributed by atoms with Crippen molar-refractivity contribution in [1.82, 2.24) is 10.2 Å². The highest BCUT2D eigenvalue weighted by Crippen LogP contribution is 2.12. The molecule has 0 aliphatic carbocycles. The molecule has 27 heavy (non-hydrogen) atoms. The Morgan fingerprint density at radius 2 is 1.63 bits per heavy atom. The molecule has 2 aromatic carbocycles. The number of halogens is 1. The molecule has 2 amide bonds. The zero-order chi connectivity index (χ0) is 19.8. The molecule has 1 atom stereocenters. The third-order valence-electron chi connectivity index (χ3n) is 4.38. The number of rotatable bonds is 8. The van der Waals surface area contributed by atoms with Gasteiger partial charge in [-0.05, 0) is 44.4 Å². The fraction of sp³-hybridized carbons (Fsp3) is 0.364. The van der Waals surface area contributed by atoms with E-state index in [1.54, 1.807) is 25.1 Å². The molecule has 2 aromatic rings. The topological polar surface area (TPSA) is 49.4 Å². The molecule has 0 fully saturated rings. The lowest BCUT2D eigenvalue weighted by molar-refractivity contribution is -0.139. The summed E-state index contributed by atoms with van der Waals surface area (Å²) in [6.07, 6.45) is 0.559. The molecule has 0 bridgehead atoms. The van der Waals surface area contributed by atoms with Gasteiger partial charge in [-0.15, -0.1) is 0 Å². The lowest BCUT2D eigenvalue weighted by atomic mass is 10.1. The van der Waals surface area contributed by atoms with Gasteiger partial charge in [0.2, 0.25) is 11.8 Å². The van der Waals surface area contributed by atoms with Crippen molar-refractivity contribution in [3.8, 4) is 0 Å². The maximum Gasteiger partial charge on any atom is 0.242 e. The molecule has 5 heteroatoms. The van der Waals surface area contributed by atoms with Gasteiger partial charge in [0.25, 0.3) is 0 Å². The first-order valence-corrected chi connectivity index (χ1v) is 9.25. The summed E-state index contributed by atoms with van der Waals surface area (Å²) in [5, 5.41) is 2.84. The maximum atomic E-state index is 13.9. The van der Waals surface area contributed by atoms with Crippen molar-refractivity contribution in [1.29, 1.82) is 0 Å². The fourth-order valence-electron chi connectivity index (χ4n) is 2.88. The molecule has 0 aromatic heterocycles. The molecule has 0 unspecified atom stereocenters. The monoisotopic (exact) mass is 370 g/mol. The molecule has 144 valence electrons. The molecular weight excluding hydrogens is 343 g/mol. The van der Waals surface area contributed by atoms with Crippen LogP contribution in [0.3, 0.4) is 0 Å². The molecule has 0 saturated heterocycles. The summed E-state index contributed by atoms with van der Waals surface area (Å²) in [7, 11) is 0. The molecule has 0 radical (unpaired) electrons. The molecule has 2 rings (SSSR count). The Hall–Kier alpha value is -2.69. The zero-order valence-corrected chi connectivity index (χ0v) is 16.1. The van der Waals surface area contributed by atoms with Crippen molar-refractivity contribution in [2.24, 2.45) is 0 Å². The summed E-state index contributed by atoms with van der Waals surface area (Å²) < 4.78 is 13.9. The lowest BCUT2D eigenvalue weighted by Crippen LogP contribution is -2.50. The highest BCUT2D eigenvalue weighted by molar-refractivity contribution is 5.88. The van der Waals surface area contributed by atoms with Crippen LogP contribution in [0.4, 0.5) is 4.39 Å². The van der Waals surface area contributed by atoms with Crippen LogP contribution in [0.2, 0.25) is 0 Å². The van der Waals surface area contributed by atoms with Gasteiger partial charge < -0.3 is 10.2 Å². The summed E-state index contributed by atoms with van der Waals surface area (Å²) in [6, 6.07) is 15.4. The minimum atomic E-state index is -0.629. The SMILES string of the molecule is CC(C)NC(=O)[C@H](C)N(CCc1ccccc1)C(=O)Cc1ccccc1F. The summed E-state index contributed by atoms with van der Waals surface area (Å²) in [4.78, 5) is 26.9. The number of hydrogen-bond acceptors (Lipinski definition) is 2. The van der Waals surface area contributed by atoms with Gasteiger partial charge in [-0.3, -0.25) is 9.59 Å². The first-order valence-electron chi connectivity index (χ1n) is 9.25. The van der Waals surface area contributed by atoms with E-state index in [2.05, 4.69) is 5.32 Å². The standard InChI is InChI=1S/C22H27FN2O2/c1-16(2)24-22(27)17(3)25(14-13-18-9-5-4-6-10-18)21(26)15-19-11-7-8-12-20(19)23/h4-12,16-17H,13-15H2,1-3H3,(H,24,27)/t17-/m0/s1. The molecule has 0 aliphatic heterocycles. The third kappa shape index (κ3) is 6.20.